The molecule has 2 aromatic rings. The number of piperidine rings is 1. The molecule has 2 N–H and O–H groups in total. The third-order valence-corrected chi connectivity index (χ3v) is 6.03. The number of nitrogen functional groups attached to an aromatic ring is 1. The Morgan fingerprint density at radius 3 is 2.58 bits per heavy atom. The Kier molecular flexibility index (Phi) is 4.70. The predicted octanol–water partition coefficient (Wildman–Crippen LogP) is 4.58. The summed E-state index contributed by atoms with van der Waals surface area (Å²) >= 11 is 0. The lowest BCUT2D eigenvalue weighted by molar-refractivity contribution is 0.163. The van der Waals surface area contributed by atoms with Gasteiger partial charge in [-0.2, -0.15) is 0 Å². The molecule has 24 heavy (non-hydrogen) atoms. The summed E-state index contributed by atoms with van der Waals surface area (Å²) in [6.07, 6.45) is 11.7. The second-order valence-electron chi connectivity index (χ2n) is 7.76. The van der Waals surface area contributed by atoms with Crippen LogP contribution in [0.1, 0.15) is 56.6 Å². The molecule has 1 saturated carbocycles. The average Bonchev–Trinajstić information content (AvgIpc) is 2.62. The van der Waals surface area contributed by atoms with E-state index in [2.05, 4.69) is 23.1 Å². The highest BCUT2D eigenvalue weighted by Crippen LogP contribution is 2.33. The first-order valence-electron chi connectivity index (χ1n) is 9.66. The molecule has 1 saturated heterocycles. The highest BCUT2D eigenvalue weighted by atomic mass is 15.1. The van der Waals surface area contributed by atoms with E-state index in [1.807, 2.05) is 12.3 Å². The summed E-state index contributed by atoms with van der Waals surface area (Å²) < 4.78 is 0. The number of likely N-dealkylation sites (tertiary alicyclic amines) is 1. The van der Waals surface area contributed by atoms with Crippen molar-refractivity contribution in [1.82, 2.24) is 9.88 Å². The van der Waals surface area contributed by atoms with Crippen molar-refractivity contribution in [1.29, 1.82) is 0 Å². The SMILES string of the molecule is Nc1ccc2c(C3CCN(CC4CCCCC4)CC3)nccc2c1. The van der Waals surface area contributed by atoms with E-state index in [9.17, 15) is 0 Å². The van der Waals surface area contributed by atoms with Crippen LogP contribution in [0.3, 0.4) is 0 Å². The maximum atomic E-state index is 5.93. The fourth-order valence-electron chi connectivity index (χ4n) is 4.67. The van der Waals surface area contributed by atoms with Crippen molar-refractivity contribution >= 4 is 16.5 Å². The van der Waals surface area contributed by atoms with Gasteiger partial charge >= 0.3 is 0 Å². The number of hydrogen-bond acceptors (Lipinski definition) is 3. The third-order valence-electron chi connectivity index (χ3n) is 6.03. The van der Waals surface area contributed by atoms with Gasteiger partial charge in [-0.3, -0.25) is 4.98 Å². The third kappa shape index (κ3) is 3.41. The molecule has 0 amide bonds. The molecule has 0 spiro atoms. The molecule has 0 atom stereocenters. The van der Waals surface area contributed by atoms with Crippen LogP contribution in [-0.2, 0) is 0 Å². The van der Waals surface area contributed by atoms with Crippen molar-refractivity contribution in [3.8, 4) is 0 Å². The fraction of sp³-hybridized carbons (Fsp3) is 0.571. The Morgan fingerprint density at radius 2 is 1.79 bits per heavy atom. The molecule has 2 fully saturated rings. The summed E-state index contributed by atoms with van der Waals surface area (Å²) in [7, 11) is 0. The van der Waals surface area contributed by atoms with Gasteiger partial charge < -0.3 is 10.6 Å². The van der Waals surface area contributed by atoms with Crippen molar-refractivity contribution in [3.63, 3.8) is 0 Å². The first-order valence-corrected chi connectivity index (χ1v) is 9.66. The molecule has 128 valence electrons. The van der Waals surface area contributed by atoms with E-state index < -0.39 is 0 Å². The normalized spacial score (nSPS) is 21.3. The highest BCUT2D eigenvalue weighted by molar-refractivity contribution is 5.87. The van der Waals surface area contributed by atoms with Crippen molar-refractivity contribution < 1.29 is 0 Å². The largest absolute Gasteiger partial charge is 0.399 e. The van der Waals surface area contributed by atoms with E-state index >= 15 is 0 Å². The zero-order chi connectivity index (χ0) is 16.4. The molecule has 3 nitrogen and oxygen atoms in total. The minimum absolute atomic E-state index is 0.597. The quantitative estimate of drug-likeness (QED) is 0.841. The van der Waals surface area contributed by atoms with Crippen LogP contribution in [-0.4, -0.2) is 29.5 Å². The van der Waals surface area contributed by atoms with E-state index in [1.54, 1.807) is 0 Å². The van der Waals surface area contributed by atoms with E-state index in [0.29, 0.717) is 5.92 Å². The summed E-state index contributed by atoms with van der Waals surface area (Å²) in [5, 5.41) is 2.52. The number of fused-ring (bicyclic) bond motifs is 1. The summed E-state index contributed by atoms with van der Waals surface area (Å²) in [6, 6.07) is 8.30. The van der Waals surface area contributed by atoms with Crippen LogP contribution in [0.4, 0.5) is 5.69 Å². The van der Waals surface area contributed by atoms with Crippen LogP contribution in [0, 0.1) is 5.92 Å². The van der Waals surface area contributed by atoms with E-state index in [-0.39, 0.29) is 0 Å². The van der Waals surface area contributed by atoms with Crippen LogP contribution in [0.15, 0.2) is 30.5 Å². The lowest BCUT2D eigenvalue weighted by Crippen LogP contribution is -2.37. The Morgan fingerprint density at radius 1 is 1.00 bits per heavy atom. The van der Waals surface area contributed by atoms with E-state index in [1.165, 1.54) is 81.0 Å². The van der Waals surface area contributed by atoms with Gasteiger partial charge in [-0.25, -0.2) is 0 Å². The number of nitrogens with zero attached hydrogens (tertiary/aromatic N) is 2. The summed E-state index contributed by atoms with van der Waals surface area (Å²) in [6.45, 7) is 3.79. The Bertz CT molecular complexity index is 683. The van der Waals surface area contributed by atoms with Gasteiger partial charge in [0.05, 0.1) is 5.69 Å². The van der Waals surface area contributed by atoms with Crippen molar-refractivity contribution in [3.05, 3.63) is 36.2 Å². The van der Waals surface area contributed by atoms with Crippen molar-refractivity contribution in [2.75, 3.05) is 25.4 Å². The molecule has 1 aromatic carbocycles. The molecule has 1 aliphatic heterocycles. The zero-order valence-corrected chi connectivity index (χ0v) is 14.6. The Labute approximate surface area is 145 Å². The highest BCUT2D eigenvalue weighted by Gasteiger charge is 2.25. The van der Waals surface area contributed by atoms with E-state index in [4.69, 9.17) is 10.7 Å². The van der Waals surface area contributed by atoms with Gasteiger partial charge in [0.2, 0.25) is 0 Å². The lowest BCUT2D eigenvalue weighted by Gasteiger charge is -2.35. The molecule has 1 aromatic heterocycles. The maximum absolute atomic E-state index is 5.93. The van der Waals surface area contributed by atoms with E-state index in [0.717, 1.165) is 11.6 Å². The van der Waals surface area contributed by atoms with Crippen LogP contribution >= 0.6 is 0 Å². The van der Waals surface area contributed by atoms with Gasteiger partial charge in [0.15, 0.2) is 0 Å². The second-order valence-corrected chi connectivity index (χ2v) is 7.76. The molecular formula is C21H29N3. The lowest BCUT2D eigenvalue weighted by atomic mass is 9.86. The first kappa shape index (κ1) is 15.9. The van der Waals surface area contributed by atoms with Gasteiger partial charge in [-0.1, -0.05) is 25.3 Å². The molecule has 1 aliphatic carbocycles. The second kappa shape index (κ2) is 7.10. The van der Waals surface area contributed by atoms with Gasteiger partial charge in [0, 0.05) is 29.7 Å². The number of benzene rings is 1. The number of rotatable bonds is 3. The molecule has 4 rings (SSSR count). The Balaban J connectivity index is 1.42. The van der Waals surface area contributed by atoms with Gasteiger partial charge in [0.25, 0.3) is 0 Å². The average molecular weight is 323 g/mol. The fourth-order valence-corrected chi connectivity index (χ4v) is 4.67. The number of nitrogens with two attached hydrogens (primary N) is 1. The molecular weight excluding hydrogens is 294 g/mol. The van der Waals surface area contributed by atoms with Crippen LogP contribution in [0.5, 0.6) is 0 Å². The molecule has 0 bridgehead atoms. The van der Waals surface area contributed by atoms with Crippen molar-refractivity contribution in [2.45, 2.75) is 50.9 Å². The van der Waals surface area contributed by atoms with Crippen LogP contribution < -0.4 is 5.73 Å². The summed E-state index contributed by atoms with van der Waals surface area (Å²) in [5.74, 6) is 1.55. The van der Waals surface area contributed by atoms with Gasteiger partial charge in [-0.05, 0) is 68.3 Å². The standard InChI is InChI=1S/C21H29N3/c22-19-6-7-20-18(14-19)8-11-23-21(20)17-9-12-24(13-10-17)15-16-4-2-1-3-5-16/h6-8,11,14,16-17H,1-5,9-10,12-13,15,22H2. The van der Waals surface area contributed by atoms with Gasteiger partial charge in [-0.15, -0.1) is 0 Å². The summed E-state index contributed by atoms with van der Waals surface area (Å²) in [5.41, 5.74) is 8.05. The number of aromatic nitrogens is 1. The zero-order valence-electron chi connectivity index (χ0n) is 14.6. The number of hydrogen-bond donors (Lipinski definition) is 1. The first-order chi connectivity index (χ1) is 11.8. The molecule has 3 heteroatoms. The van der Waals surface area contributed by atoms with Crippen LogP contribution in [0.2, 0.25) is 0 Å². The maximum Gasteiger partial charge on any atom is 0.0513 e. The monoisotopic (exact) mass is 323 g/mol. The predicted molar refractivity (Wildman–Crippen MR) is 101 cm³/mol. The minimum atomic E-state index is 0.597. The summed E-state index contributed by atoms with van der Waals surface area (Å²) in [4.78, 5) is 7.45. The smallest absolute Gasteiger partial charge is 0.0513 e. The van der Waals surface area contributed by atoms with Gasteiger partial charge in [0.1, 0.15) is 0 Å². The molecule has 0 unspecified atom stereocenters. The molecule has 2 heterocycles. The molecule has 2 aliphatic rings. The number of pyridine rings is 1. The topological polar surface area (TPSA) is 42.1 Å². The van der Waals surface area contributed by atoms with Crippen molar-refractivity contribution in [2.24, 2.45) is 5.92 Å². The Hall–Kier alpha value is -1.61. The molecule has 0 radical (unpaired) electrons. The number of anilines is 1. The minimum Gasteiger partial charge on any atom is -0.399 e. The van der Waals surface area contributed by atoms with Crippen LogP contribution in [0.25, 0.3) is 10.8 Å².